The molecule has 0 aromatic rings. The third-order valence-corrected chi connectivity index (χ3v) is 2.62. The molecule has 1 heterocycles. The molecule has 3 N–H and O–H groups in total. The van der Waals surface area contributed by atoms with Gasteiger partial charge in [0.2, 0.25) is 0 Å². The minimum atomic E-state index is -0.0874. The summed E-state index contributed by atoms with van der Waals surface area (Å²) in [6.07, 6.45) is 0.915. The average Bonchev–Trinajstić information content (AvgIpc) is 2.01. The molecule has 0 saturated heterocycles. The Bertz CT molecular complexity index is 271. The van der Waals surface area contributed by atoms with Crippen LogP contribution in [0.2, 0.25) is 0 Å². The van der Waals surface area contributed by atoms with Gasteiger partial charge in [-0.05, 0) is 19.0 Å². The molecular formula is C11H21N3. The standard InChI is InChI=1S/C11H21N3/c1-11(2,3)10(13)8-5-6-14(4)7-9(8)12/h13H,5-7,12H2,1-4H3. The third kappa shape index (κ3) is 2.35. The highest BCUT2D eigenvalue weighted by Crippen LogP contribution is 2.25. The molecule has 0 aromatic carbocycles. The van der Waals surface area contributed by atoms with E-state index in [1.165, 1.54) is 0 Å². The van der Waals surface area contributed by atoms with Crippen molar-refractivity contribution >= 4 is 5.71 Å². The van der Waals surface area contributed by atoms with Gasteiger partial charge in [-0.15, -0.1) is 0 Å². The Morgan fingerprint density at radius 3 is 2.43 bits per heavy atom. The first-order chi connectivity index (χ1) is 6.32. The SMILES string of the molecule is CN1CCC(C(=N)C(C)(C)C)=C(N)C1. The Kier molecular flexibility index (Phi) is 3.00. The molecule has 0 atom stereocenters. The zero-order valence-corrected chi connectivity index (χ0v) is 9.65. The molecule has 0 fully saturated rings. The Morgan fingerprint density at radius 2 is 2.00 bits per heavy atom. The number of rotatable bonds is 1. The number of nitrogens with zero attached hydrogens (tertiary/aromatic N) is 1. The van der Waals surface area contributed by atoms with Gasteiger partial charge in [-0.25, -0.2) is 0 Å². The van der Waals surface area contributed by atoms with Gasteiger partial charge in [0.15, 0.2) is 0 Å². The van der Waals surface area contributed by atoms with Gasteiger partial charge in [0.25, 0.3) is 0 Å². The summed E-state index contributed by atoms with van der Waals surface area (Å²) in [6, 6.07) is 0. The van der Waals surface area contributed by atoms with Crippen molar-refractivity contribution in [2.45, 2.75) is 27.2 Å². The van der Waals surface area contributed by atoms with E-state index in [0.29, 0.717) is 5.71 Å². The molecule has 0 saturated carbocycles. The monoisotopic (exact) mass is 195 g/mol. The van der Waals surface area contributed by atoms with Gasteiger partial charge in [0.1, 0.15) is 0 Å². The van der Waals surface area contributed by atoms with Gasteiger partial charge in [-0.2, -0.15) is 0 Å². The highest BCUT2D eigenvalue weighted by atomic mass is 15.1. The molecule has 0 aliphatic carbocycles. The van der Waals surface area contributed by atoms with E-state index in [-0.39, 0.29) is 5.41 Å². The summed E-state index contributed by atoms with van der Waals surface area (Å²) >= 11 is 0. The van der Waals surface area contributed by atoms with Gasteiger partial charge in [-0.3, -0.25) is 0 Å². The Balaban J connectivity index is 2.88. The number of nitrogens with one attached hydrogen (secondary N) is 1. The van der Waals surface area contributed by atoms with Crippen LogP contribution in [0.15, 0.2) is 11.3 Å². The fourth-order valence-corrected chi connectivity index (χ4v) is 1.67. The van der Waals surface area contributed by atoms with Gasteiger partial charge < -0.3 is 16.0 Å². The molecule has 3 nitrogen and oxygen atoms in total. The minimum absolute atomic E-state index is 0.0874. The van der Waals surface area contributed by atoms with Crippen molar-refractivity contribution < 1.29 is 0 Å². The molecule has 1 aliphatic rings. The Labute approximate surface area is 86.5 Å². The summed E-state index contributed by atoms with van der Waals surface area (Å²) in [7, 11) is 2.06. The third-order valence-electron chi connectivity index (χ3n) is 2.62. The molecule has 0 bridgehead atoms. The second-order valence-corrected chi connectivity index (χ2v) is 5.12. The smallest absolute Gasteiger partial charge is 0.0417 e. The lowest BCUT2D eigenvalue weighted by atomic mass is 9.82. The molecule has 14 heavy (non-hydrogen) atoms. The van der Waals surface area contributed by atoms with E-state index in [0.717, 1.165) is 30.8 Å². The van der Waals surface area contributed by atoms with E-state index < -0.39 is 0 Å². The maximum absolute atomic E-state index is 8.07. The van der Waals surface area contributed by atoms with E-state index in [9.17, 15) is 0 Å². The molecule has 0 unspecified atom stereocenters. The zero-order chi connectivity index (χ0) is 10.9. The summed E-state index contributed by atoms with van der Waals surface area (Å²) < 4.78 is 0. The summed E-state index contributed by atoms with van der Waals surface area (Å²) in [5.74, 6) is 0. The van der Waals surface area contributed by atoms with E-state index >= 15 is 0 Å². The van der Waals surface area contributed by atoms with Crippen LogP contribution in [0.4, 0.5) is 0 Å². The first-order valence-corrected chi connectivity index (χ1v) is 5.08. The second kappa shape index (κ2) is 3.73. The van der Waals surface area contributed by atoms with Crippen LogP contribution in [-0.2, 0) is 0 Å². The number of hydrogen-bond acceptors (Lipinski definition) is 3. The fourth-order valence-electron chi connectivity index (χ4n) is 1.67. The molecule has 0 aromatic heterocycles. The molecular weight excluding hydrogens is 174 g/mol. The van der Waals surface area contributed by atoms with Crippen LogP contribution >= 0.6 is 0 Å². The Hall–Kier alpha value is -0.830. The average molecular weight is 195 g/mol. The van der Waals surface area contributed by atoms with Crippen LogP contribution in [0.5, 0.6) is 0 Å². The topological polar surface area (TPSA) is 53.1 Å². The van der Waals surface area contributed by atoms with Crippen LogP contribution < -0.4 is 5.73 Å². The van der Waals surface area contributed by atoms with Crippen molar-refractivity contribution in [3.63, 3.8) is 0 Å². The van der Waals surface area contributed by atoms with Crippen LogP contribution in [-0.4, -0.2) is 30.7 Å². The highest BCUT2D eigenvalue weighted by Gasteiger charge is 2.25. The van der Waals surface area contributed by atoms with Crippen LogP contribution in [0.25, 0.3) is 0 Å². The van der Waals surface area contributed by atoms with Crippen molar-refractivity contribution in [2.75, 3.05) is 20.1 Å². The van der Waals surface area contributed by atoms with E-state index in [2.05, 4.69) is 32.7 Å². The molecule has 1 rings (SSSR count). The first kappa shape index (κ1) is 11.2. The lowest BCUT2D eigenvalue weighted by Gasteiger charge is -2.30. The van der Waals surface area contributed by atoms with Crippen molar-refractivity contribution in [1.29, 1.82) is 5.41 Å². The second-order valence-electron chi connectivity index (χ2n) is 5.12. The van der Waals surface area contributed by atoms with E-state index in [1.807, 2.05) is 0 Å². The number of likely N-dealkylation sites (N-methyl/N-ethyl adjacent to an activating group) is 1. The van der Waals surface area contributed by atoms with Crippen LogP contribution in [0.3, 0.4) is 0 Å². The molecule has 0 amide bonds. The van der Waals surface area contributed by atoms with Gasteiger partial charge in [0.05, 0.1) is 0 Å². The van der Waals surface area contributed by atoms with Gasteiger partial charge in [-0.1, -0.05) is 20.8 Å². The summed E-state index contributed by atoms with van der Waals surface area (Å²) in [5, 5.41) is 8.07. The highest BCUT2D eigenvalue weighted by molar-refractivity contribution is 6.02. The first-order valence-electron chi connectivity index (χ1n) is 5.08. The van der Waals surface area contributed by atoms with E-state index in [1.54, 1.807) is 0 Å². The minimum Gasteiger partial charge on any atom is -0.401 e. The van der Waals surface area contributed by atoms with Crippen LogP contribution in [0.1, 0.15) is 27.2 Å². The quantitative estimate of drug-likeness (QED) is 0.624. The van der Waals surface area contributed by atoms with Gasteiger partial charge in [0, 0.05) is 29.9 Å². The summed E-state index contributed by atoms with van der Waals surface area (Å²) in [4.78, 5) is 2.19. The molecule has 0 radical (unpaired) electrons. The van der Waals surface area contributed by atoms with Gasteiger partial charge >= 0.3 is 0 Å². The zero-order valence-electron chi connectivity index (χ0n) is 9.65. The molecule has 3 heteroatoms. The predicted molar refractivity (Wildman–Crippen MR) is 60.5 cm³/mol. The maximum Gasteiger partial charge on any atom is 0.0417 e. The number of hydrogen-bond donors (Lipinski definition) is 2. The predicted octanol–water partition coefficient (Wildman–Crippen LogP) is 1.60. The van der Waals surface area contributed by atoms with E-state index in [4.69, 9.17) is 11.1 Å². The largest absolute Gasteiger partial charge is 0.401 e. The van der Waals surface area contributed by atoms with Crippen molar-refractivity contribution in [2.24, 2.45) is 11.1 Å². The van der Waals surface area contributed by atoms with Crippen LogP contribution in [0, 0.1) is 10.8 Å². The summed E-state index contributed by atoms with van der Waals surface area (Å²) in [5.41, 5.74) is 8.51. The molecule has 1 aliphatic heterocycles. The Morgan fingerprint density at radius 1 is 1.43 bits per heavy atom. The van der Waals surface area contributed by atoms with Crippen molar-refractivity contribution in [1.82, 2.24) is 4.90 Å². The maximum atomic E-state index is 8.07. The number of nitrogens with two attached hydrogens (primary N) is 1. The van der Waals surface area contributed by atoms with Crippen molar-refractivity contribution in [3.05, 3.63) is 11.3 Å². The van der Waals surface area contributed by atoms with Crippen molar-refractivity contribution in [3.8, 4) is 0 Å². The normalized spacial score (nSPS) is 20.0. The summed E-state index contributed by atoms with van der Waals surface area (Å²) in [6.45, 7) is 8.00. The lowest BCUT2D eigenvalue weighted by Crippen LogP contribution is -2.35. The molecule has 0 spiro atoms. The lowest BCUT2D eigenvalue weighted by molar-refractivity contribution is 0.348. The fraction of sp³-hybridized carbons (Fsp3) is 0.727. The molecule has 80 valence electrons.